The molecule has 0 aliphatic carbocycles. The van der Waals surface area contributed by atoms with Gasteiger partial charge in [-0.1, -0.05) is 30.3 Å². The topological polar surface area (TPSA) is 79.3 Å². The van der Waals surface area contributed by atoms with Crippen LogP contribution in [0, 0.1) is 6.92 Å². The van der Waals surface area contributed by atoms with E-state index < -0.39 is 11.9 Å². The smallest absolute Gasteiger partial charge is 0.328 e. The number of anilines is 1. The molecule has 2 rings (SSSR count). The minimum Gasteiger partial charge on any atom is -0.478 e. The molecule has 0 saturated heterocycles. The Morgan fingerprint density at radius 1 is 1.25 bits per heavy atom. The number of aliphatic carboxylic acids is 1. The number of nitrogens with one attached hydrogen (secondary N) is 1. The molecule has 20 heavy (non-hydrogen) atoms. The monoisotopic (exact) mass is 288 g/mol. The first-order chi connectivity index (χ1) is 9.56. The maximum atomic E-state index is 11.5. The second-order valence-electron chi connectivity index (χ2n) is 3.95. The van der Waals surface area contributed by atoms with E-state index in [-0.39, 0.29) is 0 Å². The zero-order chi connectivity index (χ0) is 14.5. The van der Waals surface area contributed by atoms with E-state index in [0.29, 0.717) is 5.13 Å². The van der Waals surface area contributed by atoms with Gasteiger partial charge in [0.2, 0.25) is 5.91 Å². The molecule has 1 heterocycles. The number of benzene rings is 1. The molecular formula is C14H12N2O3S. The van der Waals surface area contributed by atoms with Crippen molar-refractivity contribution in [2.75, 3.05) is 5.32 Å². The summed E-state index contributed by atoms with van der Waals surface area (Å²) in [5.41, 5.74) is 1.79. The second-order valence-corrected chi connectivity index (χ2v) is 5.15. The van der Waals surface area contributed by atoms with Gasteiger partial charge >= 0.3 is 5.97 Å². The molecule has 2 aromatic rings. The summed E-state index contributed by atoms with van der Waals surface area (Å²) in [7, 11) is 0. The lowest BCUT2D eigenvalue weighted by Gasteiger charge is -1.97. The quantitative estimate of drug-likeness (QED) is 0.848. The lowest BCUT2D eigenvalue weighted by molar-refractivity contribution is -0.131. The molecule has 5 nitrogen and oxygen atoms in total. The number of carboxylic acid groups (broad SMARTS) is 1. The van der Waals surface area contributed by atoms with E-state index in [0.717, 1.165) is 28.3 Å². The maximum Gasteiger partial charge on any atom is 0.328 e. The van der Waals surface area contributed by atoms with Gasteiger partial charge in [-0.15, -0.1) is 11.3 Å². The van der Waals surface area contributed by atoms with E-state index >= 15 is 0 Å². The Balaban J connectivity index is 2.16. The Kier molecular flexibility index (Phi) is 4.27. The van der Waals surface area contributed by atoms with Crippen LogP contribution in [0.2, 0.25) is 0 Å². The lowest BCUT2D eigenvalue weighted by atomic mass is 10.1. The molecule has 102 valence electrons. The minimum absolute atomic E-state index is 0.446. The molecule has 0 fully saturated rings. The van der Waals surface area contributed by atoms with Crippen molar-refractivity contribution in [3.05, 3.63) is 47.4 Å². The number of thiazole rings is 1. The third-order valence-electron chi connectivity index (χ3n) is 2.45. The Bertz CT molecular complexity index is 662. The van der Waals surface area contributed by atoms with E-state index in [2.05, 4.69) is 10.3 Å². The van der Waals surface area contributed by atoms with Gasteiger partial charge in [-0.25, -0.2) is 9.78 Å². The Hall–Kier alpha value is -2.47. The molecule has 1 amide bonds. The average molecular weight is 288 g/mol. The van der Waals surface area contributed by atoms with E-state index in [1.807, 2.05) is 37.3 Å². The SMILES string of the molecule is Cc1sc(NC(=O)/C=C/C(=O)O)nc1-c1ccccc1. The van der Waals surface area contributed by atoms with Crippen LogP contribution in [-0.2, 0) is 9.59 Å². The van der Waals surface area contributed by atoms with Crippen LogP contribution in [0.4, 0.5) is 5.13 Å². The molecule has 0 radical (unpaired) electrons. The van der Waals surface area contributed by atoms with Gasteiger partial charge < -0.3 is 5.11 Å². The summed E-state index contributed by atoms with van der Waals surface area (Å²) < 4.78 is 0. The highest BCUT2D eigenvalue weighted by Gasteiger charge is 2.10. The number of amides is 1. The van der Waals surface area contributed by atoms with Crippen LogP contribution < -0.4 is 5.32 Å². The summed E-state index contributed by atoms with van der Waals surface area (Å²) >= 11 is 1.35. The molecule has 1 aromatic heterocycles. The second kappa shape index (κ2) is 6.12. The number of nitrogens with zero attached hydrogens (tertiary/aromatic N) is 1. The van der Waals surface area contributed by atoms with Gasteiger partial charge in [0, 0.05) is 22.6 Å². The molecule has 0 aliphatic heterocycles. The number of aromatic nitrogens is 1. The Morgan fingerprint density at radius 2 is 1.95 bits per heavy atom. The van der Waals surface area contributed by atoms with Gasteiger partial charge in [-0.05, 0) is 6.92 Å². The molecule has 0 saturated carbocycles. The standard InChI is InChI=1S/C14H12N2O3S/c1-9-13(10-5-3-2-4-6-10)16-14(20-9)15-11(17)7-8-12(18)19/h2-8H,1H3,(H,18,19)(H,15,16,17)/b8-7+. The van der Waals surface area contributed by atoms with Crippen molar-refractivity contribution in [3.63, 3.8) is 0 Å². The number of aryl methyl sites for hydroxylation is 1. The van der Waals surface area contributed by atoms with Gasteiger partial charge in [0.15, 0.2) is 5.13 Å². The van der Waals surface area contributed by atoms with Gasteiger partial charge in [0.05, 0.1) is 5.69 Å². The number of hydrogen-bond acceptors (Lipinski definition) is 4. The Labute approximate surface area is 119 Å². The summed E-state index contributed by atoms with van der Waals surface area (Å²) in [6.07, 6.45) is 1.75. The van der Waals surface area contributed by atoms with E-state index in [4.69, 9.17) is 5.11 Å². The van der Waals surface area contributed by atoms with E-state index in [9.17, 15) is 9.59 Å². The number of hydrogen-bond donors (Lipinski definition) is 2. The summed E-state index contributed by atoms with van der Waals surface area (Å²) in [6.45, 7) is 1.92. The highest BCUT2D eigenvalue weighted by atomic mass is 32.1. The molecule has 0 spiro atoms. The van der Waals surface area contributed by atoms with Crippen LogP contribution >= 0.6 is 11.3 Å². The van der Waals surface area contributed by atoms with Gasteiger partial charge in [0.25, 0.3) is 0 Å². The zero-order valence-corrected chi connectivity index (χ0v) is 11.5. The van der Waals surface area contributed by atoms with Gasteiger partial charge in [0.1, 0.15) is 0 Å². The van der Waals surface area contributed by atoms with Crippen LogP contribution in [0.1, 0.15) is 4.88 Å². The number of carboxylic acids is 1. The number of carbonyl (C=O) groups excluding carboxylic acids is 1. The molecule has 0 bridgehead atoms. The highest BCUT2D eigenvalue weighted by Crippen LogP contribution is 2.30. The van der Waals surface area contributed by atoms with Crippen LogP contribution in [-0.4, -0.2) is 22.0 Å². The fourth-order valence-electron chi connectivity index (χ4n) is 1.61. The van der Waals surface area contributed by atoms with Crippen LogP contribution in [0.15, 0.2) is 42.5 Å². The number of rotatable bonds is 4. The first kappa shape index (κ1) is 14.0. The van der Waals surface area contributed by atoms with Crippen LogP contribution in [0.25, 0.3) is 11.3 Å². The molecule has 1 aromatic carbocycles. The van der Waals surface area contributed by atoms with Crippen LogP contribution in [0.3, 0.4) is 0 Å². The zero-order valence-electron chi connectivity index (χ0n) is 10.7. The van der Waals surface area contributed by atoms with Crippen LogP contribution in [0.5, 0.6) is 0 Å². The summed E-state index contributed by atoms with van der Waals surface area (Å²) in [5, 5.41) is 11.4. The lowest BCUT2D eigenvalue weighted by Crippen LogP contribution is -2.08. The normalized spacial score (nSPS) is 10.7. The summed E-state index contributed by atoms with van der Waals surface area (Å²) in [6, 6.07) is 9.64. The van der Waals surface area contributed by atoms with Crippen molar-refractivity contribution in [1.82, 2.24) is 4.98 Å². The third-order valence-corrected chi connectivity index (χ3v) is 3.34. The average Bonchev–Trinajstić information content (AvgIpc) is 2.78. The molecule has 0 aliphatic rings. The fourth-order valence-corrected chi connectivity index (χ4v) is 2.45. The molecule has 2 N–H and O–H groups in total. The van der Waals surface area contributed by atoms with Gasteiger partial charge in [-0.2, -0.15) is 0 Å². The van der Waals surface area contributed by atoms with Crippen molar-refractivity contribution in [1.29, 1.82) is 0 Å². The largest absolute Gasteiger partial charge is 0.478 e. The first-order valence-electron chi connectivity index (χ1n) is 5.81. The Morgan fingerprint density at radius 3 is 2.60 bits per heavy atom. The summed E-state index contributed by atoms with van der Waals surface area (Å²) in [5.74, 6) is -1.68. The van der Waals surface area contributed by atoms with Crippen molar-refractivity contribution in [2.24, 2.45) is 0 Å². The first-order valence-corrected chi connectivity index (χ1v) is 6.63. The third kappa shape index (κ3) is 3.52. The van der Waals surface area contributed by atoms with E-state index in [1.54, 1.807) is 0 Å². The predicted octanol–water partition coefficient (Wildman–Crippen LogP) is 2.70. The van der Waals surface area contributed by atoms with E-state index in [1.165, 1.54) is 11.3 Å². The summed E-state index contributed by atoms with van der Waals surface area (Å²) in [4.78, 5) is 27.1. The maximum absolute atomic E-state index is 11.5. The van der Waals surface area contributed by atoms with Crippen molar-refractivity contribution in [2.45, 2.75) is 6.92 Å². The van der Waals surface area contributed by atoms with Crippen molar-refractivity contribution >= 4 is 28.3 Å². The predicted molar refractivity (Wildman–Crippen MR) is 77.7 cm³/mol. The number of carbonyl (C=O) groups is 2. The molecular weight excluding hydrogens is 276 g/mol. The molecule has 6 heteroatoms. The highest BCUT2D eigenvalue weighted by molar-refractivity contribution is 7.16. The van der Waals surface area contributed by atoms with Gasteiger partial charge in [-0.3, -0.25) is 10.1 Å². The minimum atomic E-state index is -1.17. The van der Waals surface area contributed by atoms with Crippen molar-refractivity contribution < 1.29 is 14.7 Å². The molecule has 0 unspecified atom stereocenters. The fraction of sp³-hybridized carbons (Fsp3) is 0.0714. The molecule has 0 atom stereocenters. The van der Waals surface area contributed by atoms with Crippen molar-refractivity contribution in [3.8, 4) is 11.3 Å².